The fourth-order valence-electron chi connectivity index (χ4n) is 2.53. The van der Waals surface area contributed by atoms with Crippen LogP contribution in [0, 0.1) is 0 Å². The first-order valence-electron chi connectivity index (χ1n) is 6.76. The van der Waals surface area contributed by atoms with E-state index in [4.69, 9.17) is 11.6 Å². The standard InChI is InChI=1S/C14H17ClN4O.ClH/c1-10-7-16-4-5-18(10)9-12-6-14(20)19-8-11(15)2-3-13(19)17-12;/h2-3,6,8,10,16H,4-5,7,9H2,1H3;1H/t10-;/m1./s1. The summed E-state index contributed by atoms with van der Waals surface area (Å²) in [5.41, 5.74) is 1.36. The quantitative estimate of drug-likeness (QED) is 0.909. The fraction of sp³-hybridized carbons (Fsp3) is 0.429. The predicted molar refractivity (Wildman–Crippen MR) is 86.5 cm³/mol. The van der Waals surface area contributed by atoms with Gasteiger partial charge in [-0.3, -0.25) is 14.1 Å². The zero-order chi connectivity index (χ0) is 14.1. The predicted octanol–water partition coefficient (Wildman–Crippen LogP) is 1.56. The van der Waals surface area contributed by atoms with Crippen LogP contribution in [0.4, 0.5) is 0 Å². The Hall–Kier alpha value is -1.14. The molecule has 1 atom stereocenters. The number of rotatable bonds is 2. The van der Waals surface area contributed by atoms with Crippen LogP contribution >= 0.6 is 24.0 Å². The van der Waals surface area contributed by atoms with Crippen LogP contribution in [-0.2, 0) is 6.54 Å². The molecule has 0 aromatic carbocycles. The number of hydrogen-bond donors (Lipinski definition) is 1. The Labute approximate surface area is 134 Å². The highest BCUT2D eigenvalue weighted by Crippen LogP contribution is 2.11. The van der Waals surface area contributed by atoms with E-state index in [1.807, 2.05) is 0 Å². The number of nitrogens with one attached hydrogen (secondary N) is 1. The Bertz CT molecular complexity index is 688. The van der Waals surface area contributed by atoms with Crippen LogP contribution in [0.15, 0.2) is 29.2 Å². The van der Waals surface area contributed by atoms with Gasteiger partial charge in [-0.05, 0) is 19.1 Å². The molecule has 0 bridgehead atoms. The van der Waals surface area contributed by atoms with Gasteiger partial charge in [0.05, 0.1) is 10.7 Å². The zero-order valence-electron chi connectivity index (χ0n) is 11.8. The van der Waals surface area contributed by atoms with Crippen LogP contribution in [0.25, 0.3) is 5.65 Å². The van der Waals surface area contributed by atoms with E-state index < -0.39 is 0 Å². The maximum Gasteiger partial charge on any atom is 0.258 e. The van der Waals surface area contributed by atoms with Crippen molar-refractivity contribution in [3.8, 4) is 0 Å². The summed E-state index contributed by atoms with van der Waals surface area (Å²) in [5, 5.41) is 3.89. The molecule has 1 N–H and O–H groups in total. The Morgan fingerprint density at radius 2 is 2.29 bits per heavy atom. The molecule has 2 aromatic heterocycles. The summed E-state index contributed by atoms with van der Waals surface area (Å²) in [6, 6.07) is 5.57. The first kappa shape index (κ1) is 16.2. The largest absolute Gasteiger partial charge is 0.314 e. The molecule has 1 fully saturated rings. The number of aromatic nitrogens is 2. The van der Waals surface area contributed by atoms with Gasteiger partial charge in [-0.1, -0.05) is 11.6 Å². The maximum atomic E-state index is 12.1. The minimum atomic E-state index is -0.0877. The fourth-order valence-corrected chi connectivity index (χ4v) is 2.69. The second kappa shape index (κ2) is 6.75. The van der Waals surface area contributed by atoms with Gasteiger partial charge in [0.2, 0.25) is 0 Å². The Morgan fingerprint density at radius 3 is 3.05 bits per heavy atom. The number of pyridine rings is 1. The van der Waals surface area contributed by atoms with Crippen molar-refractivity contribution in [2.45, 2.75) is 19.5 Å². The van der Waals surface area contributed by atoms with E-state index >= 15 is 0 Å². The van der Waals surface area contributed by atoms with E-state index in [-0.39, 0.29) is 18.0 Å². The van der Waals surface area contributed by atoms with Crippen molar-refractivity contribution in [3.63, 3.8) is 0 Å². The van der Waals surface area contributed by atoms with E-state index in [0.29, 0.717) is 23.3 Å². The molecule has 0 amide bonds. The van der Waals surface area contributed by atoms with Gasteiger partial charge in [0.25, 0.3) is 5.56 Å². The molecule has 114 valence electrons. The van der Waals surface area contributed by atoms with Crippen LogP contribution in [0.1, 0.15) is 12.6 Å². The second-order valence-electron chi connectivity index (χ2n) is 5.18. The van der Waals surface area contributed by atoms with Gasteiger partial charge >= 0.3 is 0 Å². The minimum Gasteiger partial charge on any atom is -0.314 e. The van der Waals surface area contributed by atoms with Crippen molar-refractivity contribution >= 4 is 29.7 Å². The highest BCUT2D eigenvalue weighted by atomic mass is 35.5. The molecular formula is C14H18Cl2N4O. The van der Waals surface area contributed by atoms with Crippen molar-refractivity contribution in [1.82, 2.24) is 19.6 Å². The number of nitrogens with zero attached hydrogens (tertiary/aromatic N) is 3. The molecule has 3 heterocycles. The SMILES string of the molecule is C[C@@H]1CNCCN1Cc1cc(=O)n2cc(Cl)ccc2n1.Cl. The van der Waals surface area contributed by atoms with Crippen molar-refractivity contribution in [1.29, 1.82) is 0 Å². The smallest absolute Gasteiger partial charge is 0.258 e. The van der Waals surface area contributed by atoms with Crippen molar-refractivity contribution in [2.24, 2.45) is 0 Å². The first-order valence-corrected chi connectivity index (χ1v) is 7.14. The summed E-state index contributed by atoms with van der Waals surface area (Å²) in [6.07, 6.45) is 1.60. The topological polar surface area (TPSA) is 49.6 Å². The monoisotopic (exact) mass is 328 g/mol. The summed E-state index contributed by atoms with van der Waals surface area (Å²) in [4.78, 5) is 19.0. The third-order valence-corrected chi connectivity index (χ3v) is 3.90. The molecule has 0 radical (unpaired) electrons. The molecule has 21 heavy (non-hydrogen) atoms. The molecule has 1 saturated heterocycles. The number of piperazine rings is 1. The van der Waals surface area contributed by atoms with Crippen LogP contribution in [-0.4, -0.2) is 40.0 Å². The van der Waals surface area contributed by atoms with Gasteiger partial charge < -0.3 is 5.32 Å². The van der Waals surface area contributed by atoms with Crippen molar-refractivity contribution < 1.29 is 0 Å². The third-order valence-electron chi connectivity index (χ3n) is 3.68. The van der Waals surface area contributed by atoms with Gasteiger partial charge in [0.15, 0.2) is 0 Å². The van der Waals surface area contributed by atoms with Gasteiger partial charge in [-0.25, -0.2) is 4.98 Å². The summed E-state index contributed by atoms with van der Waals surface area (Å²) < 4.78 is 1.48. The molecule has 3 rings (SSSR count). The van der Waals surface area contributed by atoms with E-state index in [2.05, 4.69) is 22.1 Å². The average molecular weight is 329 g/mol. The van der Waals surface area contributed by atoms with Crippen LogP contribution in [0.2, 0.25) is 5.02 Å². The minimum absolute atomic E-state index is 0. The molecule has 0 saturated carbocycles. The number of hydrogen-bond acceptors (Lipinski definition) is 4. The maximum absolute atomic E-state index is 12.1. The Balaban J connectivity index is 0.00000161. The van der Waals surface area contributed by atoms with E-state index in [1.165, 1.54) is 4.40 Å². The second-order valence-corrected chi connectivity index (χ2v) is 5.62. The first-order chi connectivity index (χ1) is 9.63. The lowest BCUT2D eigenvalue weighted by molar-refractivity contribution is 0.164. The van der Waals surface area contributed by atoms with E-state index in [9.17, 15) is 4.79 Å². The van der Waals surface area contributed by atoms with E-state index in [1.54, 1.807) is 24.4 Å². The summed E-state index contributed by atoms with van der Waals surface area (Å²) in [5.74, 6) is 0. The molecule has 5 nitrogen and oxygen atoms in total. The molecule has 0 spiro atoms. The Kier molecular flexibility index (Phi) is 5.22. The van der Waals surface area contributed by atoms with Gasteiger partial charge in [0, 0.05) is 44.5 Å². The lowest BCUT2D eigenvalue weighted by Gasteiger charge is -2.33. The Morgan fingerprint density at radius 1 is 1.48 bits per heavy atom. The highest BCUT2D eigenvalue weighted by molar-refractivity contribution is 6.30. The van der Waals surface area contributed by atoms with Gasteiger partial charge in [-0.15, -0.1) is 12.4 Å². The zero-order valence-corrected chi connectivity index (χ0v) is 13.3. The van der Waals surface area contributed by atoms with Gasteiger partial charge in [0.1, 0.15) is 5.65 Å². The molecule has 0 aliphatic carbocycles. The normalized spacial score (nSPS) is 19.4. The molecule has 1 aliphatic heterocycles. The van der Waals surface area contributed by atoms with Crippen LogP contribution < -0.4 is 10.9 Å². The summed E-state index contributed by atoms with van der Waals surface area (Å²) in [7, 11) is 0. The lowest BCUT2D eigenvalue weighted by atomic mass is 10.2. The lowest BCUT2D eigenvalue weighted by Crippen LogP contribution is -2.49. The van der Waals surface area contributed by atoms with E-state index in [0.717, 1.165) is 25.3 Å². The molecule has 2 aromatic rings. The van der Waals surface area contributed by atoms with Crippen molar-refractivity contribution in [2.75, 3.05) is 19.6 Å². The summed E-state index contributed by atoms with van der Waals surface area (Å²) in [6.45, 7) is 5.81. The van der Waals surface area contributed by atoms with Crippen molar-refractivity contribution in [3.05, 3.63) is 45.5 Å². The van der Waals surface area contributed by atoms with Crippen LogP contribution in [0.5, 0.6) is 0 Å². The molecule has 7 heteroatoms. The summed E-state index contributed by atoms with van der Waals surface area (Å²) >= 11 is 5.90. The third kappa shape index (κ3) is 3.55. The van der Waals surface area contributed by atoms with Gasteiger partial charge in [-0.2, -0.15) is 0 Å². The number of halogens is 2. The highest BCUT2D eigenvalue weighted by Gasteiger charge is 2.18. The molecule has 0 unspecified atom stereocenters. The van der Waals surface area contributed by atoms with Crippen LogP contribution in [0.3, 0.4) is 0 Å². The average Bonchev–Trinajstić information content (AvgIpc) is 2.42. The number of fused-ring (bicyclic) bond motifs is 1. The molecular weight excluding hydrogens is 311 g/mol. The molecule has 1 aliphatic rings.